The summed E-state index contributed by atoms with van der Waals surface area (Å²) in [7, 11) is -3.80. The van der Waals surface area contributed by atoms with Crippen molar-refractivity contribution in [3.05, 3.63) is 57.1 Å². The highest BCUT2D eigenvalue weighted by Crippen LogP contribution is 2.32. The van der Waals surface area contributed by atoms with E-state index in [0.717, 1.165) is 6.07 Å². The van der Waals surface area contributed by atoms with Crippen molar-refractivity contribution in [2.24, 2.45) is 10.1 Å². The minimum absolute atomic E-state index is 0.0553. The molecule has 120 valence electrons. The van der Waals surface area contributed by atoms with Crippen molar-refractivity contribution in [2.45, 2.75) is 4.90 Å². The van der Waals surface area contributed by atoms with Gasteiger partial charge in [-0.3, -0.25) is 15.1 Å². The Hall–Kier alpha value is -2.49. The zero-order chi connectivity index (χ0) is 17.2. The van der Waals surface area contributed by atoms with Crippen molar-refractivity contribution in [1.82, 2.24) is 0 Å². The Morgan fingerprint density at radius 3 is 2.39 bits per heavy atom. The van der Waals surface area contributed by atoms with Crippen molar-refractivity contribution in [3.63, 3.8) is 0 Å². The molecule has 0 fully saturated rings. The molecule has 0 radical (unpaired) electrons. The number of aromatic hydroxyl groups is 1. The van der Waals surface area contributed by atoms with Gasteiger partial charge in [0.2, 0.25) is 15.8 Å². The molecule has 0 aliphatic rings. The Morgan fingerprint density at radius 1 is 1.26 bits per heavy atom. The van der Waals surface area contributed by atoms with Gasteiger partial charge in [0, 0.05) is 22.9 Å². The first-order chi connectivity index (χ1) is 10.7. The maximum absolute atomic E-state index is 11.1. The van der Waals surface area contributed by atoms with E-state index in [1.165, 1.54) is 36.5 Å². The molecule has 3 N–H and O–H groups in total. The standard InChI is InChI=1S/C13H10ClN3O5S/c14-9-5-8(13(18)12(6-9)17(19)20)7-16-10-1-3-11(4-2-10)23(15,21)22/h1-7,18H,(H2,15,21,22). The highest BCUT2D eigenvalue weighted by molar-refractivity contribution is 7.89. The number of nitrogens with two attached hydrogens (primary N) is 1. The van der Waals surface area contributed by atoms with E-state index in [4.69, 9.17) is 16.7 Å². The SMILES string of the molecule is NS(=O)(=O)c1ccc(N=Cc2cc(Cl)cc([N+](=O)[O-])c2O)cc1. The Bertz CT molecular complexity index is 895. The second-order valence-electron chi connectivity index (χ2n) is 4.42. The monoisotopic (exact) mass is 355 g/mol. The van der Waals surface area contributed by atoms with Crippen LogP contribution in [0.3, 0.4) is 0 Å². The molecule has 10 heteroatoms. The van der Waals surface area contributed by atoms with Gasteiger partial charge in [-0.05, 0) is 30.3 Å². The van der Waals surface area contributed by atoms with Crippen LogP contribution in [0.15, 0.2) is 46.3 Å². The number of rotatable bonds is 4. The smallest absolute Gasteiger partial charge is 0.312 e. The fourth-order valence-corrected chi connectivity index (χ4v) is 2.45. The summed E-state index contributed by atoms with van der Waals surface area (Å²) >= 11 is 5.76. The summed E-state index contributed by atoms with van der Waals surface area (Å²) in [6.45, 7) is 0. The van der Waals surface area contributed by atoms with Gasteiger partial charge in [-0.25, -0.2) is 13.6 Å². The Morgan fingerprint density at radius 2 is 1.87 bits per heavy atom. The molecule has 0 unspecified atom stereocenters. The van der Waals surface area contributed by atoms with Gasteiger partial charge in [0.1, 0.15) is 0 Å². The van der Waals surface area contributed by atoms with Crippen molar-refractivity contribution in [3.8, 4) is 5.75 Å². The van der Waals surface area contributed by atoms with Gasteiger partial charge in [-0.1, -0.05) is 11.6 Å². The van der Waals surface area contributed by atoms with E-state index >= 15 is 0 Å². The van der Waals surface area contributed by atoms with Gasteiger partial charge in [-0.2, -0.15) is 0 Å². The number of primary sulfonamides is 1. The lowest BCUT2D eigenvalue weighted by molar-refractivity contribution is -0.385. The largest absolute Gasteiger partial charge is 0.502 e. The van der Waals surface area contributed by atoms with E-state index in [1.54, 1.807) is 0 Å². The van der Waals surface area contributed by atoms with E-state index in [9.17, 15) is 23.6 Å². The number of aliphatic imine (C=N–C) groups is 1. The predicted octanol–water partition coefficient (Wildman–Crippen LogP) is 2.35. The lowest BCUT2D eigenvalue weighted by Crippen LogP contribution is -2.11. The van der Waals surface area contributed by atoms with Crippen LogP contribution in [0, 0.1) is 10.1 Å². The Kier molecular flexibility index (Phi) is 4.64. The topological polar surface area (TPSA) is 136 Å². The van der Waals surface area contributed by atoms with Crippen LogP contribution in [0.5, 0.6) is 5.75 Å². The number of nitro benzene ring substituents is 1. The number of nitro groups is 1. The molecule has 0 atom stereocenters. The predicted molar refractivity (Wildman–Crippen MR) is 84.8 cm³/mol. The highest BCUT2D eigenvalue weighted by Gasteiger charge is 2.17. The molecule has 2 aromatic carbocycles. The van der Waals surface area contributed by atoms with E-state index in [0.29, 0.717) is 5.69 Å². The molecule has 0 amide bonds. The van der Waals surface area contributed by atoms with Crippen molar-refractivity contribution in [2.75, 3.05) is 0 Å². The zero-order valence-electron chi connectivity index (χ0n) is 11.4. The summed E-state index contributed by atoms with van der Waals surface area (Å²) in [5, 5.41) is 25.7. The average molecular weight is 356 g/mol. The lowest BCUT2D eigenvalue weighted by atomic mass is 10.2. The first-order valence-corrected chi connectivity index (χ1v) is 7.95. The van der Waals surface area contributed by atoms with Crippen molar-refractivity contribution < 1.29 is 18.4 Å². The molecule has 0 aliphatic heterocycles. The summed E-state index contributed by atoms with van der Waals surface area (Å²) < 4.78 is 22.3. The number of benzene rings is 2. The summed E-state index contributed by atoms with van der Waals surface area (Å²) in [4.78, 5) is 14.0. The van der Waals surface area contributed by atoms with Gasteiger partial charge in [0.25, 0.3) is 0 Å². The Labute approximate surface area is 136 Å². The van der Waals surface area contributed by atoms with E-state index < -0.39 is 26.4 Å². The Balaban J connectivity index is 2.36. The summed E-state index contributed by atoms with van der Waals surface area (Å²) in [5.41, 5.74) is -0.123. The molecular weight excluding hydrogens is 346 g/mol. The molecule has 8 nitrogen and oxygen atoms in total. The van der Waals surface area contributed by atoms with Crippen LogP contribution >= 0.6 is 11.6 Å². The normalized spacial score (nSPS) is 11.7. The minimum Gasteiger partial charge on any atom is -0.502 e. The van der Waals surface area contributed by atoms with Crippen LogP contribution in [0.25, 0.3) is 0 Å². The van der Waals surface area contributed by atoms with E-state index in [2.05, 4.69) is 4.99 Å². The molecule has 0 saturated heterocycles. The number of sulfonamides is 1. The molecular formula is C13H10ClN3O5S. The van der Waals surface area contributed by atoms with E-state index in [-0.39, 0.29) is 15.5 Å². The van der Waals surface area contributed by atoms with Crippen LogP contribution in [0.4, 0.5) is 11.4 Å². The number of nitrogens with zero attached hydrogens (tertiary/aromatic N) is 2. The molecule has 0 aliphatic carbocycles. The van der Waals surface area contributed by atoms with Crippen molar-refractivity contribution >= 4 is 39.2 Å². The van der Waals surface area contributed by atoms with Crippen LogP contribution in [-0.4, -0.2) is 24.7 Å². The maximum Gasteiger partial charge on any atom is 0.312 e. The number of phenols is 1. The van der Waals surface area contributed by atoms with Gasteiger partial charge in [0.05, 0.1) is 15.5 Å². The first-order valence-electron chi connectivity index (χ1n) is 6.02. The molecule has 0 spiro atoms. The average Bonchev–Trinajstić information content (AvgIpc) is 2.47. The minimum atomic E-state index is -3.80. The fourth-order valence-electron chi connectivity index (χ4n) is 1.71. The number of phenolic OH excluding ortho intramolecular Hbond substituents is 1. The molecule has 23 heavy (non-hydrogen) atoms. The second-order valence-corrected chi connectivity index (χ2v) is 6.41. The first kappa shape index (κ1) is 16.9. The van der Waals surface area contributed by atoms with Gasteiger partial charge < -0.3 is 5.11 Å². The number of hydrogen-bond acceptors (Lipinski definition) is 6. The number of hydrogen-bond donors (Lipinski definition) is 2. The summed E-state index contributed by atoms with van der Waals surface area (Å²) in [5.74, 6) is -0.565. The van der Waals surface area contributed by atoms with Gasteiger partial charge in [0.15, 0.2) is 0 Å². The van der Waals surface area contributed by atoms with Crippen LogP contribution < -0.4 is 5.14 Å². The summed E-state index contributed by atoms with van der Waals surface area (Å²) in [6.07, 6.45) is 1.18. The molecule has 0 bridgehead atoms. The third kappa shape index (κ3) is 4.03. The van der Waals surface area contributed by atoms with E-state index in [1.807, 2.05) is 0 Å². The second kappa shape index (κ2) is 6.32. The van der Waals surface area contributed by atoms with Crippen LogP contribution in [0.2, 0.25) is 5.02 Å². The maximum atomic E-state index is 11.1. The molecule has 2 aromatic rings. The van der Waals surface area contributed by atoms with Crippen LogP contribution in [-0.2, 0) is 10.0 Å². The molecule has 0 saturated carbocycles. The highest BCUT2D eigenvalue weighted by atomic mass is 35.5. The van der Waals surface area contributed by atoms with Crippen molar-refractivity contribution in [1.29, 1.82) is 0 Å². The quantitative estimate of drug-likeness (QED) is 0.492. The third-order valence-electron chi connectivity index (χ3n) is 2.80. The van der Waals surface area contributed by atoms with Gasteiger partial charge in [-0.15, -0.1) is 0 Å². The fraction of sp³-hybridized carbons (Fsp3) is 0. The molecule has 0 heterocycles. The summed E-state index contributed by atoms with van der Waals surface area (Å²) in [6, 6.07) is 7.66. The zero-order valence-corrected chi connectivity index (χ0v) is 13.0. The third-order valence-corrected chi connectivity index (χ3v) is 3.95. The van der Waals surface area contributed by atoms with Gasteiger partial charge >= 0.3 is 5.69 Å². The van der Waals surface area contributed by atoms with Crippen LogP contribution in [0.1, 0.15) is 5.56 Å². The molecule has 0 aromatic heterocycles. The lowest BCUT2D eigenvalue weighted by Gasteiger charge is -2.02. The number of halogens is 1. The molecule has 2 rings (SSSR count).